The molecule has 166 valence electrons. The molecule has 0 aliphatic carbocycles. The number of Topliss-reactive ketones (excluding diaryl/α,β-unsaturated/α-hetero) is 1. The van der Waals surface area contributed by atoms with Crippen LogP contribution in [0.15, 0.2) is 91.0 Å². The molecule has 5 nitrogen and oxygen atoms in total. The average Bonchev–Trinajstić information content (AvgIpc) is 3.15. The van der Waals surface area contributed by atoms with Crippen LogP contribution in [0.1, 0.15) is 31.0 Å². The number of hydrogen-bond donors (Lipinski definition) is 0. The Morgan fingerprint density at radius 3 is 1.88 bits per heavy atom. The Balaban J connectivity index is 2.06. The van der Waals surface area contributed by atoms with Crippen LogP contribution in [-0.2, 0) is 23.6 Å². The van der Waals surface area contributed by atoms with Crippen LogP contribution >= 0.6 is 7.60 Å². The van der Waals surface area contributed by atoms with Gasteiger partial charge in [-0.25, -0.2) is 0 Å². The van der Waals surface area contributed by atoms with E-state index in [1.165, 1.54) is 0 Å². The Labute approximate surface area is 189 Å². The predicted molar refractivity (Wildman–Crippen MR) is 127 cm³/mol. The fourth-order valence-electron chi connectivity index (χ4n) is 4.71. The van der Waals surface area contributed by atoms with Gasteiger partial charge in [0.25, 0.3) is 0 Å². The zero-order valence-electron chi connectivity index (χ0n) is 18.4. The van der Waals surface area contributed by atoms with Crippen LogP contribution in [0.3, 0.4) is 0 Å². The number of carbonyl (C=O) groups excluding carboxylic acids is 1. The summed E-state index contributed by atoms with van der Waals surface area (Å²) < 4.78 is 26.4. The predicted octanol–water partition coefficient (Wildman–Crippen LogP) is 5.98. The van der Waals surface area contributed by atoms with Crippen molar-refractivity contribution in [1.29, 1.82) is 0 Å². The molecule has 1 fully saturated rings. The number of rotatable bonds is 8. The van der Waals surface area contributed by atoms with Gasteiger partial charge in [0.05, 0.1) is 25.8 Å². The molecular formula is C26H28NO4P. The molecule has 3 aromatic carbocycles. The molecule has 0 amide bonds. The molecule has 0 N–H and O–H groups in total. The zero-order valence-corrected chi connectivity index (χ0v) is 19.3. The third kappa shape index (κ3) is 3.61. The second-order valence-electron chi connectivity index (χ2n) is 7.67. The quantitative estimate of drug-likeness (QED) is 0.396. The normalized spacial score (nSPS) is 21.1. The van der Waals surface area contributed by atoms with Crippen molar-refractivity contribution in [2.75, 3.05) is 24.7 Å². The molecule has 0 saturated carbocycles. The molecule has 3 aromatic rings. The van der Waals surface area contributed by atoms with E-state index in [0.29, 0.717) is 5.56 Å². The van der Waals surface area contributed by atoms with Gasteiger partial charge in [0.15, 0.2) is 10.9 Å². The van der Waals surface area contributed by atoms with E-state index >= 15 is 0 Å². The smallest absolute Gasteiger partial charge is 0.351 e. The second-order valence-corrected chi connectivity index (χ2v) is 9.88. The highest BCUT2D eigenvalue weighted by molar-refractivity contribution is 7.56. The summed E-state index contributed by atoms with van der Waals surface area (Å²) in [5.41, 5.74) is 2.40. The van der Waals surface area contributed by atoms with Gasteiger partial charge in [-0.05, 0) is 37.1 Å². The molecule has 0 aromatic heterocycles. The van der Waals surface area contributed by atoms with E-state index in [2.05, 4.69) is 0 Å². The number of hydrogen-bond acceptors (Lipinski definition) is 5. The number of benzene rings is 3. The molecule has 1 aliphatic rings. The lowest BCUT2D eigenvalue weighted by atomic mass is 9.85. The molecule has 2 atom stereocenters. The first-order valence-electron chi connectivity index (χ1n) is 10.9. The highest BCUT2D eigenvalue weighted by Gasteiger charge is 2.68. The van der Waals surface area contributed by atoms with Crippen LogP contribution in [0.25, 0.3) is 0 Å². The van der Waals surface area contributed by atoms with Gasteiger partial charge in [-0.2, -0.15) is 0 Å². The first kappa shape index (κ1) is 22.5. The van der Waals surface area contributed by atoms with E-state index in [1.807, 2.05) is 95.9 Å². The van der Waals surface area contributed by atoms with Crippen molar-refractivity contribution < 1.29 is 18.4 Å². The van der Waals surface area contributed by atoms with E-state index in [9.17, 15) is 9.36 Å². The van der Waals surface area contributed by atoms with Crippen molar-refractivity contribution in [3.8, 4) is 0 Å². The van der Waals surface area contributed by atoms with Crippen LogP contribution < -0.4 is 4.90 Å². The van der Waals surface area contributed by atoms with Gasteiger partial charge < -0.3 is 13.9 Å². The Kier molecular flexibility index (Phi) is 6.61. The molecule has 32 heavy (non-hydrogen) atoms. The largest absolute Gasteiger partial charge is 0.355 e. The van der Waals surface area contributed by atoms with E-state index in [1.54, 1.807) is 13.8 Å². The molecule has 0 spiro atoms. The summed E-state index contributed by atoms with van der Waals surface area (Å²) >= 11 is 0. The van der Waals surface area contributed by atoms with Gasteiger partial charge in [-0.3, -0.25) is 9.36 Å². The maximum atomic E-state index is 14.6. The SMILES string of the molecule is CCOP(=O)(OCC)C1(c2ccccc2)C(=O)CN(c2ccccc2)C1c1ccccc1. The standard InChI is InChI=1S/C26H28NO4P/c1-3-30-32(29,31-4-2)26(22-16-10-6-11-17-22)24(28)20-27(23-18-12-7-13-19-23)25(26)21-14-8-5-9-15-21/h5-19,25H,3-4,20H2,1-2H3. The minimum absolute atomic E-state index is 0.0998. The molecule has 4 rings (SSSR count). The van der Waals surface area contributed by atoms with Gasteiger partial charge in [0.2, 0.25) is 0 Å². The monoisotopic (exact) mass is 449 g/mol. The highest BCUT2D eigenvalue weighted by Crippen LogP contribution is 2.72. The molecule has 1 saturated heterocycles. The summed E-state index contributed by atoms with van der Waals surface area (Å²) in [5, 5.41) is -1.50. The van der Waals surface area contributed by atoms with Crippen molar-refractivity contribution in [2.24, 2.45) is 0 Å². The van der Waals surface area contributed by atoms with Crippen molar-refractivity contribution in [3.63, 3.8) is 0 Å². The first-order valence-corrected chi connectivity index (χ1v) is 12.5. The fraction of sp³-hybridized carbons (Fsp3) is 0.269. The van der Waals surface area contributed by atoms with Gasteiger partial charge in [0.1, 0.15) is 0 Å². The molecule has 1 heterocycles. The van der Waals surface area contributed by atoms with E-state index < -0.39 is 18.8 Å². The molecule has 6 heteroatoms. The van der Waals surface area contributed by atoms with Crippen LogP contribution in [0, 0.1) is 0 Å². The number of carbonyl (C=O) groups is 1. The van der Waals surface area contributed by atoms with E-state index in [-0.39, 0.29) is 25.5 Å². The van der Waals surface area contributed by atoms with Crippen molar-refractivity contribution in [2.45, 2.75) is 25.0 Å². The molecule has 1 aliphatic heterocycles. The average molecular weight is 449 g/mol. The summed E-state index contributed by atoms with van der Waals surface area (Å²) in [6, 6.07) is 28.2. The second kappa shape index (κ2) is 9.41. The Hall–Kier alpha value is -2.72. The lowest BCUT2D eigenvalue weighted by Gasteiger charge is -2.41. The summed E-state index contributed by atoms with van der Waals surface area (Å²) in [6.07, 6.45) is 0. The topological polar surface area (TPSA) is 55.8 Å². The van der Waals surface area contributed by atoms with Gasteiger partial charge in [-0.1, -0.05) is 78.9 Å². The number of nitrogens with zero attached hydrogens (tertiary/aromatic N) is 1. The molecule has 0 radical (unpaired) electrons. The van der Waals surface area contributed by atoms with Gasteiger partial charge in [-0.15, -0.1) is 0 Å². The van der Waals surface area contributed by atoms with E-state index in [0.717, 1.165) is 11.3 Å². The third-order valence-electron chi connectivity index (χ3n) is 5.89. The summed E-state index contributed by atoms with van der Waals surface area (Å²) in [6.45, 7) is 3.99. The Morgan fingerprint density at radius 2 is 1.34 bits per heavy atom. The maximum Gasteiger partial charge on any atom is 0.351 e. The summed E-state index contributed by atoms with van der Waals surface area (Å²) in [4.78, 5) is 16.1. The first-order chi connectivity index (χ1) is 15.6. The number of ketones is 1. The zero-order chi connectivity index (χ0) is 22.6. The summed E-state index contributed by atoms with van der Waals surface area (Å²) in [7, 11) is -3.95. The van der Waals surface area contributed by atoms with E-state index in [4.69, 9.17) is 9.05 Å². The maximum absolute atomic E-state index is 14.6. The number of anilines is 1. The minimum atomic E-state index is -3.95. The van der Waals surface area contributed by atoms with Gasteiger partial charge >= 0.3 is 7.60 Å². The van der Waals surface area contributed by atoms with Crippen LogP contribution in [0.2, 0.25) is 0 Å². The minimum Gasteiger partial charge on any atom is -0.355 e. The molecule has 0 bridgehead atoms. The van der Waals surface area contributed by atoms with Gasteiger partial charge in [0, 0.05) is 5.69 Å². The summed E-state index contributed by atoms with van der Waals surface area (Å²) in [5.74, 6) is -0.174. The Morgan fingerprint density at radius 1 is 0.844 bits per heavy atom. The fourth-order valence-corrected chi connectivity index (χ4v) is 7.30. The van der Waals surface area contributed by atoms with Crippen molar-refractivity contribution in [3.05, 3.63) is 102 Å². The highest BCUT2D eigenvalue weighted by atomic mass is 31.2. The lowest BCUT2D eigenvalue weighted by molar-refractivity contribution is -0.119. The van der Waals surface area contributed by atoms with Crippen LogP contribution in [0.5, 0.6) is 0 Å². The molecule has 2 unspecified atom stereocenters. The van der Waals surface area contributed by atoms with Crippen molar-refractivity contribution >= 4 is 19.1 Å². The molecular weight excluding hydrogens is 421 g/mol. The number of para-hydroxylation sites is 1. The van der Waals surface area contributed by atoms with Crippen molar-refractivity contribution in [1.82, 2.24) is 0 Å². The Bertz CT molecular complexity index is 1080. The van der Waals surface area contributed by atoms with Crippen LogP contribution in [0.4, 0.5) is 5.69 Å². The lowest BCUT2D eigenvalue weighted by Crippen LogP contribution is -2.40. The van der Waals surface area contributed by atoms with Crippen LogP contribution in [-0.4, -0.2) is 25.5 Å². The third-order valence-corrected chi connectivity index (χ3v) is 8.71.